The molecule has 2 aromatic carbocycles. The first kappa shape index (κ1) is 20.7. The van der Waals surface area contributed by atoms with Gasteiger partial charge in [-0.25, -0.2) is 4.99 Å². The van der Waals surface area contributed by atoms with Crippen LogP contribution in [0.1, 0.15) is 35.1 Å². The second-order valence-electron chi connectivity index (χ2n) is 7.03. The lowest BCUT2D eigenvalue weighted by atomic mass is 9.90. The van der Waals surface area contributed by atoms with Gasteiger partial charge >= 0.3 is 0 Å². The van der Waals surface area contributed by atoms with Crippen LogP contribution >= 0.6 is 24.0 Å². The van der Waals surface area contributed by atoms with Crippen molar-refractivity contribution in [3.63, 3.8) is 0 Å². The van der Waals surface area contributed by atoms with Crippen LogP contribution in [0.2, 0.25) is 0 Å². The van der Waals surface area contributed by atoms with Crippen molar-refractivity contribution in [2.75, 3.05) is 19.4 Å². The molecule has 140 valence electrons. The highest BCUT2D eigenvalue weighted by Crippen LogP contribution is 2.27. The molecule has 0 saturated heterocycles. The Labute approximate surface area is 173 Å². The zero-order valence-electron chi connectivity index (χ0n) is 15.7. The molecule has 0 heterocycles. The summed E-state index contributed by atoms with van der Waals surface area (Å²) in [4.78, 5) is 6.66. The molecule has 0 bridgehead atoms. The molecule has 1 aliphatic carbocycles. The van der Waals surface area contributed by atoms with Crippen LogP contribution in [0.5, 0.6) is 0 Å². The highest BCUT2D eigenvalue weighted by molar-refractivity contribution is 14.0. The van der Waals surface area contributed by atoms with Crippen LogP contribution < -0.4 is 11.1 Å². The van der Waals surface area contributed by atoms with Crippen molar-refractivity contribution in [1.29, 1.82) is 0 Å². The Hall–Kier alpha value is -1.60. The molecule has 0 saturated carbocycles. The summed E-state index contributed by atoms with van der Waals surface area (Å²) in [6.45, 7) is 1.54. The predicted octanol–water partition coefficient (Wildman–Crippen LogP) is 4.17. The van der Waals surface area contributed by atoms with Crippen LogP contribution in [0, 0.1) is 0 Å². The predicted molar refractivity (Wildman–Crippen MR) is 121 cm³/mol. The number of fused-ring (bicyclic) bond motifs is 1. The van der Waals surface area contributed by atoms with Gasteiger partial charge in [-0.15, -0.1) is 24.0 Å². The van der Waals surface area contributed by atoms with E-state index in [2.05, 4.69) is 71.8 Å². The minimum absolute atomic E-state index is 0. The molecule has 3 rings (SSSR count). The highest BCUT2D eigenvalue weighted by Gasteiger charge is 2.13. The molecule has 26 heavy (non-hydrogen) atoms. The van der Waals surface area contributed by atoms with Crippen molar-refractivity contribution in [2.24, 2.45) is 10.7 Å². The number of nitrogens with one attached hydrogen (secondary N) is 1. The van der Waals surface area contributed by atoms with Gasteiger partial charge in [0.05, 0.1) is 6.54 Å². The minimum atomic E-state index is 0. The fraction of sp³-hybridized carbons (Fsp3) is 0.381. The first-order chi connectivity index (χ1) is 12.1. The zero-order valence-corrected chi connectivity index (χ0v) is 18.0. The molecule has 4 nitrogen and oxygen atoms in total. The van der Waals surface area contributed by atoms with Crippen molar-refractivity contribution >= 4 is 35.6 Å². The van der Waals surface area contributed by atoms with Gasteiger partial charge < -0.3 is 16.0 Å². The number of aryl methyl sites for hydroxylation is 1. The summed E-state index contributed by atoms with van der Waals surface area (Å²) in [5, 5.41) is 3.30. The number of halogens is 1. The lowest BCUT2D eigenvalue weighted by Crippen LogP contribution is -2.24. The molecular weight excluding hydrogens is 435 g/mol. The normalized spacial score (nSPS) is 13.9. The standard InChI is InChI=1S/C21H28N4.HI/c1-25(2)15-17-12-10-16(11-13-17)14-23-21(22)24-20-9-5-7-18-6-3-4-8-19(18)20;/h5,7,9-13H,3-4,6,8,14-15H2,1-2H3,(H3,22,23,24);1H. The largest absolute Gasteiger partial charge is 0.370 e. The second-order valence-corrected chi connectivity index (χ2v) is 7.03. The first-order valence-corrected chi connectivity index (χ1v) is 9.02. The van der Waals surface area contributed by atoms with Crippen LogP contribution in [0.3, 0.4) is 0 Å². The van der Waals surface area contributed by atoms with Gasteiger partial charge in [-0.3, -0.25) is 0 Å². The average molecular weight is 464 g/mol. The highest BCUT2D eigenvalue weighted by atomic mass is 127. The zero-order chi connectivity index (χ0) is 17.6. The van der Waals surface area contributed by atoms with Crippen LogP contribution in [0.4, 0.5) is 5.69 Å². The molecule has 0 unspecified atom stereocenters. The van der Waals surface area contributed by atoms with Gasteiger partial charge in [-0.05, 0) is 68.1 Å². The number of aliphatic imine (C=N–C) groups is 1. The van der Waals surface area contributed by atoms with Crippen molar-refractivity contribution in [3.05, 3.63) is 64.7 Å². The minimum Gasteiger partial charge on any atom is -0.370 e. The number of hydrogen-bond donors (Lipinski definition) is 2. The Bertz CT molecular complexity index is 738. The monoisotopic (exact) mass is 464 g/mol. The lowest BCUT2D eigenvalue weighted by molar-refractivity contribution is 0.402. The number of nitrogens with two attached hydrogens (primary N) is 1. The van der Waals surface area contributed by atoms with Crippen LogP contribution in [0.15, 0.2) is 47.5 Å². The Morgan fingerprint density at radius 2 is 1.73 bits per heavy atom. The molecule has 0 radical (unpaired) electrons. The van der Waals surface area contributed by atoms with E-state index in [4.69, 9.17) is 5.73 Å². The molecule has 0 atom stereocenters. The smallest absolute Gasteiger partial charge is 0.193 e. The first-order valence-electron chi connectivity index (χ1n) is 9.02. The number of hydrogen-bond acceptors (Lipinski definition) is 2. The Morgan fingerprint density at radius 3 is 2.46 bits per heavy atom. The molecule has 0 amide bonds. The lowest BCUT2D eigenvalue weighted by Gasteiger charge is -2.19. The molecular formula is C21H29IN4. The van der Waals surface area contributed by atoms with E-state index < -0.39 is 0 Å². The van der Waals surface area contributed by atoms with Crippen LogP contribution in [0.25, 0.3) is 0 Å². The van der Waals surface area contributed by atoms with Crippen molar-refractivity contribution in [3.8, 4) is 0 Å². The topological polar surface area (TPSA) is 53.6 Å². The van der Waals surface area contributed by atoms with Gasteiger partial charge in [0.25, 0.3) is 0 Å². The maximum Gasteiger partial charge on any atom is 0.193 e. The maximum atomic E-state index is 6.11. The molecule has 0 fully saturated rings. The number of nitrogens with zero attached hydrogens (tertiary/aromatic N) is 2. The second kappa shape index (κ2) is 9.92. The Morgan fingerprint density at radius 1 is 1.04 bits per heavy atom. The summed E-state index contributed by atoms with van der Waals surface area (Å²) < 4.78 is 0. The van der Waals surface area contributed by atoms with Gasteiger partial charge in [0.2, 0.25) is 0 Å². The molecule has 3 N–H and O–H groups in total. The Kier molecular flexibility index (Phi) is 7.90. The van der Waals surface area contributed by atoms with Crippen molar-refractivity contribution in [1.82, 2.24) is 4.90 Å². The number of benzene rings is 2. The third kappa shape index (κ3) is 5.71. The molecule has 0 aliphatic heterocycles. The molecule has 5 heteroatoms. The van der Waals surface area contributed by atoms with E-state index in [0.717, 1.165) is 18.7 Å². The van der Waals surface area contributed by atoms with E-state index >= 15 is 0 Å². The third-order valence-electron chi connectivity index (χ3n) is 4.61. The van der Waals surface area contributed by atoms with E-state index in [1.807, 2.05) is 0 Å². The molecule has 1 aliphatic rings. The van der Waals surface area contributed by atoms with Gasteiger partial charge in [0, 0.05) is 12.2 Å². The van der Waals surface area contributed by atoms with Crippen molar-refractivity contribution < 1.29 is 0 Å². The summed E-state index contributed by atoms with van der Waals surface area (Å²) in [5.41, 5.74) is 12.5. The quantitative estimate of drug-likeness (QED) is 0.397. The van der Waals surface area contributed by atoms with E-state index in [1.54, 1.807) is 0 Å². The molecule has 0 spiro atoms. The van der Waals surface area contributed by atoms with E-state index in [9.17, 15) is 0 Å². The average Bonchev–Trinajstić information content (AvgIpc) is 2.61. The SMILES string of the molecule is CN(C)Cc1ccc(CN=C(N)Nc2cccc3c2CCCC3)cc1.I. The summed E-state index contributed by atoms with van der Waals surface area (Å²) in [6.07, 6.45) is 4.83. The van der Waals surface area contributed by atoms with E-state index in [-0.39, 0.29) is 24.0 Å². The maximum absolute atomic E-state index is 6.11. The summed E-state index contributed by atoms with van der Waals surface area (Å²) in [7, 11) is 4.15. The van der Waals surface area contributed by atoms with E-state index in [1.165, 1.54) is 41.5 Å². The molecule has 2 aromatic rings. The van der Waals surface area contributed by atoms with Crippen molar-refractivity contribution in [2.45, 2.75) is 38.8 Å². The summed E-state index contributed by atoms with van der Waals surface area (Å²) in [5.74, 6) is 0.483. The summed E-state index contributed by atoms with van der Waals surface area (Å²) >= 11 is 0. The van der Waals surface area contributed by atoms with Crippen LogP contribution in [-0.4, -0.2) is 25.0 Å². The van der Waals surface area contributed by atoms with Crippen LogP contribution in [-0.2, 0) is 25.9 Å². The number of rotatable bonds is 5. The molecule has 0 aromatic heterocycles. The third-order valence-corrected chi connectivity index (χ3v) is 4.61. The van der Waals surface area contributed by atoms with Gasteiger partial charge in [0.15, 0.2) is 5.96 Å². The van der Waals surface area contributed by atoms with Gasteiger partial charge in [0.1, 0.15) is 0 Å². The summed E-state index contributed by atoms with van der Waals surface area (Å²) in [6, 6.07) is 15.0. The van der Waals surface area contributed by atoms with Gasteiger partial charge in [-0.2, -0.15) is 0 Å². The Balaban J connectivity index is 0.00000243. The number of anilines is 1. The number of guanidine groups is 1. The van der Waals surface area contributed by atoms with Gasteiger partial charge in [-0.1, -0.05) is 36.4 Å². The fourth-order valence-electron chi connectivity index (χ4n) is 3.37. The van der Waals surface area contributed by atoms with E-state index in [0.29, 0.717) is 12.5 Å². The fourth-order valence-corrected chi connectivity index (χ4v) is 3.37.